The van der Waals surface area contributed by atoms with Gasteiger partial charge in [0.25, 0.3) is 5.91 Å². The van der Waals surface area contributed by atoms with Crippen LogP contribution in [0.1, 0.15) is 15.9 Å². The van der Waals surface area contributed by atoms with Crippen LogP contribution in [-0.2, 0) is 6.42 Å². The molecule has 1 aliphatic heterocycles. The molecule has 5 nitrogen and oxygen atoms in total. The standard InChI is InChI=1S/C13H11ClN4O/c14-11-6-12(17-7-16-11)18-13(19)9-1-2-10-8(5-9)3-4-15-10/h1-2,5-7,15H,3-4H2,(H,16,17,18,19). The molecule has 0 saturated heterocycles. The van der Waals surface area contributed by atoms with Crippen molar-refractivity contribution in [1.29, 1.82) is 0 Å². The highest BCUT2D eigenvalue weighted by Crippen LogP contribution is 2.23. The van der Waals surface area contributed by atoms with E-state index in [-0.39, 0.29) is 5.91 Å². The molecule has 0 aliphatic carbocycles. The number of carbonyl (C=O) groups excluding carboxylic acids is 1. The second kappa shape index (κ2) is 4.85. The van der Waals surface area contributed by atoms with Gasteiger partial charge in [-0.05, 0) is 30.2 Å². The highest BCUT2D eigenvalue weighted by atomic mass is 35.5. The number of nitrogens with one attached hydrogen (secondary N) is 2. The second-order valence-electron chi connectivity index (χ2n) is 4.23. The van der Waals surface area contributed by atoms with Crippen molar-refractivity contribution in [3.05, 3.63) is 46.9 Å². The van der Waals surface area contributed by atoms with Crippen molar-refractivity contribution in [3.63, 3.8) is 0 Å². The normalized spacial score (nSPS) is 12.7. The van der Waals surface area contributed by atoms with Gasteiger partial charge in [0.05, 0.1) is 0 Å². The van der Waals surface area contributed by atoms with E-state index in [4.69, 9.17) is 11.6 Å². The van der Waals surface area contributed by atoms with Gasteiger partial charge in [0.15, 0.2) is 0 Å². The van der Waals surface area contributed by atoms with Crippen LogP contribution in [-0.4, -0.2) is 22.4 Å². The lowest BCUT2D eigenvalue weighted by molar-refractivity contribution is 0.102. The van der Waals surface area contributed by atoms with E-state index in [9.17, 15) is 4.79 Å². The summed E-state index contributed by atoms with van der Waals surface area (Å²) in [5.74, 6) is 0.188. The summed E-state index contributed by atoms with van der Waals surface area (Å²) in [6.07, 6.45) is 2.25. The van der Waals surface area contributed by atoms with Crippen molar-refractivity contribution in [3.8, 4) is 0 Å². The lowest BCUT2D eigenvalue weighted by Gasteiger charge is -2.06. The zero-order chi connectivity index (χ0) is 13.2. The Kier molecular flexibility index (Phi) is 3.05. The van der Waals surface area contributed by atoms with E-state index in [0.29, 0.717) is 16.5 Å². The Hall–Kier alpha value is -2.14. The van der Waals surface area contributed by atoms with Gasteiger partial charge in [0.1, 0.15) is 17.3 Å². The zero-order valence-corrected chi connectivity index (χ0v) is 10.7. The van der Waals surface area contributed by atoms with E-state index in [1.807, 2.05) is 12.1 Å². The number of fused-ring (bicyclic) bond motifs is 1. The van der Waals surface area contributed by atoms with Crippen LogP contribution in [0.2, 0.25) is 5.15 Å². The van der Waals surface area contributed by atoms with Gasteiger partial charge in [-0.1, -0.05) is 11.6 Å². The van der Waals surface area contributed by atoms with Gasteiger partial charge in [-0.25, -0.2) is 9.97 Å². The van der Waals surface area contributed by atoms with Crippen molar-refractivity contribution in [2.75, 3.05) is 17.2 Å². The largest absolute Gasteiger partial charge is 0.384 e. The molecule has 1 aromatic heterocycles. The SMILES string of the molecule is O=C(Nc1cc(Cl)ncn1)c1ccc2c(c1)CCN2. The van der Waals surface area contributed by atoms with Crippen LogP contribution in [0, 0.1) is 0 Å². The van der Waals surface area contributed by atoms with Gasteiger partial charge < -0.3 is 10.6 Å². The van der Waals surface area contributed by atoms with Crippen molar-refractivity contribution < 1.29 is 4.79 Å². The number of rotatable bonds is 2. The first-order valence-electron chi connectivity index (χ1n) is 5.88. The topological polar surface area (TPSA) is 66.9 Å². The predicted octanol–water partition coefficient (Wildman–Crippen LogP) is 2.35. The predicted molar refractivity (Wildman–Crippen MR) is 73.6 cm³/mol. The lowest BCUT2D eigenvalue weighted by atomic mass is 10.1. The molecule has 1 amide bonds. The summed E-state index contributed by atoms with van der Waals surface area (Å²) in [4.78, 5) is 19.8. The molecule has 0 saturated carbocycles. The zero-order valence-electron chi connectivity index (χ0n) is 9.98. The Bertz CT molecular complexity index is 644. The fraction of sp³-hybridized carbons (Fsp3) is 0.154. The molecule has 0 unspecified atom stereocenters. The van der Waals surface area contributed by atoms with E-state index in [1.165, 1.54) is 12.4 Å². The fourth-order valence-corrected chi connectivity index (χ4v) is 2.18. The van der Waals surface area contributed by atoms with Gasteiger partial charge in [-0.3, -0.25) is 4.79 Å². The Morgan fingerprint density at radius 2 is 2.21 bits per heavy atom. The third kappa shape index (κ3) is 2.51. The van der Waals surface area contributed by atoms with Crippen LogP contribution in [0.4, 0.5) is 11.5 Å². The molecule has 0 bridgehead atoms. The molecule has 2 heterocycles. The molecule has 0 spiro atoms. The molecule has 0 radical (unpaired) electrons. The molecular weight excluding hydrogens is 264 g/mol. The number of halogens is 1. The Balaban J connectivity index is 1.81. The van der Waals surface area contributed by atoms with E-state index in [0.717, 1.165) is 24.2 Å². The number of nitrogens with zero attached hydrogens (tertiary/aromatic N) is 2. The third-order valence-electron chi connectivity index (χ3n) is 2.95. The maximum absolute atomic E-state index is 12.1. The maximum atomic E-state index is 12.1. The minimum absolute atomic E-state index is 0.204. The number of amides is 1. The van der Waals surface area contributed by atoms with Crippen LogP contribution in [0.3, 0.4) is 0 Å². The Morgan fingerprint density at radius 3 is 3.05 bits per heavy atom. The summed E-state index contributed by atoms with van der Waals surface area (Å²) in [5.41, 5.74) is 2.87. The number of hydrogen-bond acceptors (Lipinski definition) is 4. The first kappa shape index (κ1) is 11.9. The summed E-state index contributed by atoms with van der Waals surface area (Å²) in [6.45, 7) is 0.919. The van der Waals surface area contributed by atoms with E-state index in [1.54, 1.807) is 6.07 Å². The molecule has 0 fully saturated rings. The summed E-state index contributed by atoms with van der Waals surface area (Å²) in [5, 5.41) is 6.24. The minimum atomic E-state index is -0.204. The summed E-state index contributed by atoms with van der Waals surface area (Å²) >= 11 is 5.74. The van der Waals surface area contributed by atoms with Gasteiger partial charge in [0, 0.05) is 23.9 Å². The molecule has 0 atom stereocenters. The average Bonchev–Trinajstić information content (AvgIpc) is 2.85. The van der Waals surface area contributed by atoms with Crippen molar-refractivity contribution in [2.45, 2.75) is 6.42 Å². The summed E-state index contributed by atoms with van der Waals surface area (Å²) in [7, 11) is 0. The number of aromatic nitrogens is 2. The average molecular weight is 275 g/mol. The number of benzene rings is 1. The van der Waals surface area contributed by atoms with E-state index in [2.05, 4.69) is 20.6 Å². The van der Waals surface area contributed by atoms with Gasteiger partial charge in [-0.2, -0.15) is 0 Å². The molecule has 6 heteroatoms. The fourth-order valence-electron chi connectivity index (χ4n) is 2.04. The van der Waals surface area contributed by atoms with Crippen LogP contribution < -0.4 is 10.6 Å². The number of anilines is 2. The first-order valence-corrected chi connectivity index (χ1v) is 6.26. The van der Waals surface area contributed by atoms with Crippen LogP contribution in [0.25, 0.3) is 0 Å². The first-order chi connectivity index (χ1) is 9.22. The summed E-state index contributed by atoms with van der Waals surface area (Å²) < 4.78 is 0. The molecule has 3 rings (SSSR count). The molecule has 1 aromatic carbocycles. The highest BCUT2D eigenvalue weighted by molar-refractivity contribution is 6.29. The van der Waals surface area contributed by atoms with Crippen LogP contribution >= 0.6 is 11.6 Å². The molecular formula is C13H11ClN4O. The van der Waals surface area contributed by atoms with Gasteiger partial charge in [-0.15, -0.1) is 0 Å². The Morgan fingerprint density at radius 1 is 1.32 bits per heavy atom. The van der Waals surface area contributed by atoms with Crippen molar-refractivity contribution in [2.24, 2.45) is 0 Å². The van der Waals surface area contributed by atoms with E-state index >= 15 is 0 Å². The van der Waals surface area contributed by atoms with Gasteiger partial charge in [0.2, 0.25) is 0 Å². The highest BCUT2D eigenvalue weighted by Gasteiger charge is 2.13. The molecule has 2 N–H and O–H groups in total. The van der Waals surface area contributed by atoms with Crippen molar-refractivity contribution in [1.82, 2.24) is 9.97 Å². The van der Waals surface area contributed by atoms with Crippen LogP contribution in [0.5, 0.6) is 0 Å². The van der Waals surface area contributed by atoms with Gasteiger partial charge >= 0.3 is 0 Å². The summed E-state index contributed by atoms with van der Waals surface area (Å²) in [6, 6.07) is 7.11. The molecule has 96 valence electrons. The third-order valence-corrected chi connectivity index (χ3v) is 3.16. The lowest BCUT2D eigenvalue weighted by Crippen LogP contribution is -2.13. The van der Waals surface area contributed by atoms with Crippen LogP contribution in [0.15, 0.2) is 30.6 Å². The molecule has 2 aromatic rings. The molecule has 1 aliphatic rings. The monoisotopic (exact) mass is 274 g/mol. The number of carbonyl (C=O) groups is 1. The van der Waals surface area contributed by atoms with Crippen molar-refractivity contribution >= 4 is 29.0 Å². The smallest absolute Gasteiger partial charge is 0.256 e. The Labute approximate surface area is 115 Å². The maximum Gasteiger partial charge on any atom is 0.256 e. The minimum Gasteiger partial charge on any atom is -0.384 e. The van der Waals surface area contributed by atoms with E-state index < -0.39 is 0 Å². The second-order valence-corrected chi connectivity index (χ2v) is 4.62. The number of hydrogen-bond donors (Lipinski definition) is 2. The quantitative estimate of drug-likeness (QED) is 0.825. The molecule has 19 heavy (non-hydrogen) atoms.